The summed E-state index contributed by atoms with van der Waals surface area (Å²) in [5.74, 6) is -1.14. The molecule has 0 heterocycles. The van der Waals surface area contributed by atoms with E-state index >= 15 is 0 Å². The van der Waals surface area contributed by atoms with E-state index in [0.717, 1.165) is 35.6 Å². The molecule has 0 saturated heterocycles. The lowest BCUT2D eigenvalue weighted by molar-refractivity contribution is -0.388. The van der Waals surface area contributed by atoms with E-state index in [1.807, 2.05) is 19.9 Å². The number of rotatable bonds is 6. The second-order valence-electron chi connectivity index (χ2n) is 5.95. The molecule has 0 aliphatic rings. The van der Waals surface area contributed by atoms with Gasteiger partial charge in [0.1, 0.15) is 16.4 Å². The van der Waals surface area contributed by atoms with E-state index in [1.54, 1.807) is 12.1 Å². The highest BCUT2D eigenvalue weighted by atomic mass is 32.2. The van der Waals surface area contributed by atoms with Crippen LogP contribution in [0.1, 0.15) is 11.1 Å². The molecule has 8 nitrogen and oxygen atoms in total. The van der Waals surface area contributed by atoms with Crippen LogP contribution in [0.3, 0.4) is 0 Å². The highest BCUT2D eigenvalue weighted by Gasteiger charge is 2.24. The number of aryl methyl sites for hydroxylation is 2. The molecule has 2 aromatic rings. The number of nitrogens with zero attached hydrogens (tertiary/aromatic N) is 1. The monoisotopic (exact) mass is 411 g/mol. The van der Waals surface area contributed by atoms with Gasteiger partial charge in [0.05, 0.1) is 20.6 Å². The highest BCUT2D eigenvalue weighted by molar-refractivity contribution is 7.90. The maximum Gasteiger partial charge on any atom is 0.324 e. The second-order valence-corrected chi connectivity index (χ2v) is 9.38. The van der Waals surface area contributed by atoms with Gasteiger partial charge in [-0.05, 0) is 49.2 Å². The largest absolute Gasteiger partial charge is 0.426 e. The van der Waals surface area contributed by atoms with Gasteiger partial charge >= 0.3 is 5.97 Å². The third kappa shape index (κ3) is 5.44. The minimum Gasteiger partial charge on any atom is -0.426 e. The topological polar surface area (TPSA) is 121 Å². The van der Waals surface area contributed by atoms with Gasteiger partial charge < -0.3 is 4.74 Å². The molecule has 2 aromatic carbocycles. The Morgan fingerprint density at radius 1 is 1.15 bits per heavy atom. The Morgan fingerprint density at radius 3 is 2.26 bits per heavy atom. The average Bonchev–Trinajstić information content (AvgIpc) is 2.52. The van der Waals surface area contributed by atoms with Crippen molar-refractivity contribution >= 4 is 32.3 Å². The first kappa shape index (κ1) is 20.7. The predicted molar refractivity (Wildman–Crippen MR) is 99.0 cm³/mol. The van der Waals surface area contributed by atoms with Crippen molar-refractivity contribution in [2.75, 3.05) is 12.0 Å². The molecule has 10 heteroatoms. The minimum absolute atomic E-state index is 0.246. The molecule has 0 amide bonds. The zero-order valence-electron chi connectivity index (χ0n) is 14.8. The Balaban J connectivity index is 2.24. The average molecular weight is 411 g/mol. The molecule has 2 rings (SSSR count). The summed E-state index contributed by atoms with van der Waals surface area (Å²) in [5, 5.41) is 11.2. The molecule has 0 N–H and O–H groups in total. The van der Waals surface area contributed by atoms with Crippen molar-refractivity contribution in [2.45, 2.75) is 23.6 Å². The lowest BCUT2D eigenvalue weighted by Gasteiger charge is -2.08. The van der Waals surface area contributed by atoms with E-state index in [4.69, 9.17) is 4.74 Å². The molecule has 0 radical (unpaired) electrons. The zero-order chi connectivity index (χ0) is 20.4. The van der Waals surface area contributed by atoms with Crippen LogP contribution in [0.15, 0.2) is 46.2 Å². The van der Waals surface area contributed by atoms with Gasteiger partial charge in [-0.2, -0.15) is 0 Å². The maximum absolute atomic E-state index is 12.4. The number of ether oxygens (including phenoxy) is 1. The van der Waals surface area contributed by atoms with E-state index in [9.17, 15) is 27.5 Å². The number of sulfone groups is 1. The summed E-state index contributed by atoms with van der Waals surface area (Å²) < 4.78 is 40.7. The number of nitro groups is 1. The van der Waals surface area contributed by atoms with E-state index in [0.29, 0.717) is 0 Å². The molecule has 0 spiro atoms. The Kier molecular flexibility index (Phi) is 6.11. The van der Waals surface area contributed by atoms with E-state index in [2.05, 4.69) is 0 Å². The van der Waals surface area contributed by atoms with Crippen molar-refractivity contribution in [3.63, 3.8) is 0 Å². The van der Waals surface area contributed by atoms with E-state index in [1.165, 1.54) is 0 Å². The number of nitro benzene ring substituents is 1. The molecular formula is C17H17NO7S2. The van der Waals surface area contributed by atoms with Crippen LogP contribution in [0.2, 0.25) is 0 Å². The third-order valence-corrected chi connectivity index (χ3v) is 5.92. The van der Waals surface area contributed by atoms with Crippen molar-refractivity contribution in [1.82, 2.24) is 0 Å². The number of esters is 1. The van der Waals surface area contributed by atoms with Crippen LogP contribution in [-0.2, 0) is 25.4 Å². The van der Waals surface area contributed by atoms with Crippen molar-refractivity contribution < 1.29 is 27.1 Å². The second kappa shape index (κ2) is 7.97. The van der Waals surface area contributed by atoms with Crippen LogP contribution in [0.25, 0.3) is 0 Å². The molecule has 144 valence electrons. The Morgan fingerprint density at radius 2 is 1.74 bits per heavy atom. The van der Waals surface area contributed by atoms with E-state index in [-0.39, 0.29) is 15.5 Å². The predicted octanol–water partition coefficient (Wildman–Crippen LogP) is 2.33. The Hall–Kier alpha value is -2.59. The van der Waals surface area contributed by atoms with Gasteiger partial charge in [0, 0.05) is 12.3 Å². The van der Waals surface area contributed by atoms with Gasteiger partial charge in [0.15, 0.2) is 9.84 Å². The summed E-state index contributed by atoms with van der Waals surface area (Å²) in [4.78, 5) is 21.9. The first-order valence-electron chi connectivity index (χ1n) is 7.63. The minimum atomic E-state index is -3.67. The van der Waals surface area contributed by atoms with Crippen molar-refractivity contribution in [1.29, 1.82) is 0 Å². The molecule has 0 aliphatic carbocycles. The van der Waals surface area contributed by atoms with Crippen molar-refractivity contribution in [3.05, 3.63) is 57.6 Å². The Labute approximate surface area is 158 Å². The van der Waals surface area contributed by atoms with Crippen LogP contribution >= 0.6 is 0 Å². The number of hydrogen-bond donors (Lipinski definition) is 0. The van der Waals surface area contributed by atoms with Crippen LogP contribution in [0, 0.1) is 24.0 Å². The molecule has 0 aliphatic heterocycles. The van der Waals surface area contributed by atoms with Crippen LogP contribution in [0.4, 0.5) is 5.69 Å². The normalized spacial score (nSPS) is 12.4. The maximum atomic E-state index is 12.4. The SMILES string of the molecule is Cc1cc(C)cc(OC(=O)C[S@](=O)c2ccc(S(C)(=O)=O)cc2[N+](=O)[O-])c1. The van der Waals surface area contributed by atoms with Crippen LogP contribution in [0.5, 0.6) is 5.75 Å². The first-order chi connectivity index (χ1) is 12.5. The van der Waals surface area contributed by atoms with Gasteiger partial charge in [-0.3, -0.25) is 19.1 Å². The van der Waals surface area contributed by atoms with Crippen LogP contribution in [-0.4, -0.2) is 35.5 Å². The highest BCUT2D eigenvalue weighted by Crippen LogP contribution is 2.26. The lowest BCUT2D eigenvalue weighted by Crippen LogP contribution is -2.18. The summed E-state index contributed by atoms with van der Waals surface area (Å²) in [5.41, 5.74) is 1.13. The molecule has 0 unspecified atom stereocenters. The smallest absolute Gasteiger partial charge is 0.324 e. The molecule has 1 atom stereocenters. The zero-order valence-corrected chi connectivity index (χ0v) is 16.4. The van der Waals surface area contributed by atoms with Gasteiger partial charge in [0.25, 0.3) is 5.69 Å². The molecule has 0 aromatic heterocycles. The Bertz CT molecular complexity index is 1020. The summed E-state index contributed by atoms with van der Waals surface area (Å²) >= 11 is 0. The summed E-state index contributed by atoms with van der Waals surface area (Å²) in [7, 11) is -5.74. The van der Waals surface area contributed by atoms with Gasteiger partial charge in [0.2, 0.25) is 0 Å². The number of carbonyl (C=O) groups is 1. The molecule has 0 saturated carbocycles. The van der Waals surface area contributed by atoms with Crippen LogP contribution < -0.4 is 4.74 Å². The molecule has 0 bridgehead atoms. The fraction of sp³-hybridized carbons (Fsp3) is 0.235. The molecular weight excluding hydrogens is 394 g/mol. The standard InChI is InChI=1S/C17H17NO7S2/c1-11-6-12(2)8-13(7-11)25-17(19)10-26(22)16-5-4-14(27(3,23)24)9-15(16)18(20)21/h4-9H,10H2,1-3H3/t26-/m0/s1. The molecule has 0 fully saturated rings. The summed E-state index contributed by atoms with van der Waals surface area (Å²) in [6.07, 6.45) is 0.907. The van der Waals surface area contributed by atoms with E-state index < -0.39 is 43.0 Å². The summed E-state index contributed by atoms with van der Waals surface area (Å²) in [6.45, 7) is 3.66. The lowest BCUT2D eigenvalue weighted by atomic mass is 10.1. The van der Waals surface area contributed by atoms with Gasteiger partial charge in [-0.1, -0.05) is 6.07 Å². The van der Waals surface area contributed by atoms with Gasteiger partial charge in [-0.25, -0.2) is 8.42 Å². The fourth-order valence-electron chi connectivity index (χ4n) is 2.40. The quantitative estimate of drug-likeness (QED) is 0.309. The number of carbonyl (C=O) groups excluding carboxylic acids is 1. The van der Waals surface area contributed by atoms with Crippen molar-refractivity contribution in [3.8, 4) is 5.75 Å². The number of hydrogen-bond acceptors (Lipinski definition) is 7. The van der Waals surface area contributed by atoms with Crippen molar-refractivity contribution in [2.24, 2.45) is 0 Å². The fourth-order valence-corrected chi connectivity index (χ4v) is 4.06. The third-order valence-electron chi connectivity index (χ3n) is 3.48. The number of benzene rings is 2. The molecule has 27 heavy (non-hydrogen) atoms. The van der Waals surface area contributed by atoms with Gasteiger partial charge in [-0.15, -0.1) is 0 Å². The summed E-state index contributed by atoms with van der Waals surface area (Å²) in [6, 6.07) is 8.19. The first-order valence-corrected chi connectivity index (χ1v) is 10.8.